The Balaban J connectivity index is 0.737. The molecule has 1 spiro atoms. The molecular weight excluding hydrogens is 764 g/mol. The molecule has 6 aliphatic heterocycles. The molecule has 2 aromatic carbocycles. The standard InChI is InChI=1S/C42H45ClN8O5S/c43-33-24-30(2-1-27(33)25-44)50-18-13-42(26-50)11-16-49(17-12-42)41(56)35-6-8-37(57-35)48-21-19-47(20-22-48)28-9-14-46(15-10-28)29-3-4-31-32(23-29)40(55)51(39(31)54)34-5-7-36(52)45-38(34)53/h1-4,6,8,23-24,28,34H,5,7,9-22,26H2,(H,45,52,53). The van der Waals surface area contributed by atoms with Crippen LogP contribution in [0, 0.1) is 16.7 Å². The summed E-state index contributed by atoms with van der Waals surface area (Å²) in [7, 11) is 0. The number of fused-ring (bicyclic) bond motifs is 1. The minimum Gasteiger partial charge on any atom is -0.371 e. The highest BCUT2D eigenvalue weighted by molar-refractivity contribution is 7.18. The van der Waals surface area contributed by atoms with Crippen LogP contribution in [-0.4, -0.2) is 122 Å². The normalized spacial score (nSPS) is 23.0. The minimum absolute atomic E-state index is 0.0939. The van der Waals surface area contributed by atoms with Gasteiger partial charge < -0.3 is 19.6 Å². The summed E-state index contributed by atoms with van der Waals surface area (Å²) < 4.78 is 0. The van der Waals surface area contributed by atoms with E-state index in [9.17, 15) is 29.2 Å². The van der Waals surface area contributed by atoms with Crippen molar-refractivity contribution in [3.8, 4) is 6.07 Å². The molecule has 15 heteroatoms. The molecule has 13 nitrogen and oxygen atoms in total. The van der Waals surface area contributed by atoms with E-state index in [2.05, 4.69) is 37.1 Å². The van der Waals surface area contributed by atoms with Gasteiger partial charge in [0.1, 0.15) is 12.1 Å². The Morgan fingerprint density at radius 1 is 0.772 bits per heavy atom. The molecule has 5 saturated heterocycles. The lowest BCUT2D eigenvalue weighted by Gasteiger charge is -2.43. The topological polar surface area (TPSA) is 141 Å². The fraction of sp³-hybridized carbons (Fsp3) is 0.476. The molecule has 0 aliphatic carbocycles. The lowest BCUT2D eigenvalue weighted by molar-refractivity contribution is -0.136. The highest BCUT2D eigenvalue weighted by Crippen LogP contribution is 2.43. The van der Waals surface area contributed by atoms with Gasteiger partial charge in [0.15, 0.2) is 0 Å². The summed E-state index contributed by atoms with van der Waals surface area (Å²) in [6.45, 7) is 8.82. The lowest BCUT2D eigenvalue weighted by Crippen LogP contribution is -2.54. The number of piperidine rings is 3. The van der Waals surface area contributed by atoms with Gasteiger partial charge in [0.05, 0.1) is 31.6 Å². The van der Waals surface area contributed by atoms with Crippen LogP contribution < -0.4 is 20.0 Å². The predicted molar refractivity (Wildman–Crippen MR) is 217 cm³/mol. The van der Waals surface area contributed by atoms with Crippen molar-refractivity contribution in [1.29, 1.82) is 5.26 Å². The number of amides is 5. The van der Waals surface area contributed by atoms with Gasteiger partial charge in [0.25, 0.3) is 17.7 Å². The first-order valence-corrected chi connectivity index (χ1v) is 21.2. The van der Waals surface area contributed by atoms with Crippen LogP contribution >= 0.6 is 22.9 Å². The second-order valence-corrected chi connectivity index (χ2v) is 17.8. The Labute approximate surface area is 340 Å². The number of anilines is 3. The first-order chi connectivity index (χ1) is 27.6. The van der Waals surface area contributed by atoms with Crippen LogP contribution in [0.4, 0.5) is 16.4 Å². The second-order valence-electron chi connectivity index (χ2n) is 16.3. The summed E-state index contributed by atoms with van der Waals surface area (Å²) >= 11 is 7.93. The Morgan fingerprint density at radius 2 is 1.47 bits per heavy atom. The number of nitrogens with one attached hydrogen (secondary N) is 1. The molecule has 296 valence electrons. The van der Waals surface area contributed by atoms with Crippen molar-refractivity contribution in [2.45, 2.75) is 57.0 Å². The molecule has 1 N–H and O–H groups in total. The quantitative estimate of drug-likeness (QED) is 0.352. The van der Waals surface area contributed by atoms with Crippen molar-refractivity contribution in [1.82, 2.24) is 20.0 Å². The van der Waals surface area contributed by atoms with Crippen molar-refractivity contribution >= 4 is 68.8 Å². The molecule has 5 fully saturated rings. The molecule has 1 atom stereocenters. The highest BCUT2D eigenvalue weighted by Gasteiger charge is 2.45. The SMILES string of the molecule is N#Cc1ccc(N2CCC3(CCN(C(=O)c4ccc(N5CCN(C6CCN(c7ccc8c(c7)C(=O)N(C7CCC(=O)NC7=O)C8=O)CC6)CC5)s4)CC3)C2)cc1Cl. The highest BCUT2D eigenvalue weighted by atomic mass is 35.5. The van der Waals surface area contributed by atoms with Crippen LogP contribution in [0.2, 0.25) is 5.02 Å². The van der Waals surface area contributed by atoms with Crippen molar-refractivity contribution in [2.75, 3.05) is 80.1 Å². The van der Waals surface area contributed by atoms with Gasteiger partial charge in [0.2, 0.25) is 11.8 Å². The van der Waals surface area contributed by atoms with E-state index in [1.54, 1.807) is 29.5 Å². The van der Waals surface area contributed by atoms with Gasteiger partial charge in [-0.05, 0) is 92.5 Å². The summed E-state index contributed by atoms with van der Waals surface area (Å²) in [4.78, 5) is 77.7. The molecule has 0 radical (unpaired) electrons. The molecule has 3 aromatic rings. The third-order valence-electron chi connectivity index (χ3n) is 13.2. The van der Waals surface area contributed by atoms with E-state index in [-0.39, 0.29) is 30.1 Å². The summed E-state index contributed by atoms with van der Waals surface area (Å²) in [5.74, 6) is -1.83. The first-order valence-electron chi connectivity index (χ1n) is 20.0. The van der Waals surface area contributed by atoms with Crippen molar-refractivity contribution in [3.63, 3.8) is 0 Å². The molecule has 5 amide bonds. The zero-order valence-corrected chi connectivity index (χ0v) is 33.3. The molecule has 6 aliphatic rings. The predicted octanol–water partition coefficient (Wildman–Crippen LogP) is 4.60. The maximum atomic E-state index is 13.7. The molecule has 0 bridgehead atoms. The maximum absolute atomic E-state index is 13.7. The van der Waals surface area contributed by atoms with E-state index in [0.29, 0.717) is 27.8 Å². The van der Waals surface area contributed by atoms with Crippen molar-refractivity contribution in [3.05, 3.63) is 75.1 Å². The maximum Gasteiger partial charge on any atom is 0.263 e. The Kier molecular flexibility index (Phi) is 9.95. The fourth-order valence-corrected chi connectivity index (χ4v) is 11.0. The first kappa shape index (κ1) is 37.6. The van der Waals surface area contributed by atoms with Crippen LogP contribution in [0.1, 0.15) is 80.9 Å². The monoisotopic (exact) mass is 808 g/mol. The molecule has 7 heterocycles. The number of hydrogen-bond acceptors (Lipinski definition) is 11. The third-order valence-corrected chi connectivity index (χ3v) is 14.6. The number of likely N-dealkylation sites (tertiary alicyclic amines) is 1. The molecule has 1 unspecified atom stereocenters. The summed E-state index contributed by atoms with van der Waals surface area (Å²) in [5, 5.41) is 13.1. The Hall–Kier alpha value is -4.97. The van der Waals surface area contributed by atoms with Gasteiger partial charge in [0, 0.05) is 89.3 Å². The number of imide groups is 2. The van der Waals surface area contributed by atoms with Crippen LogP contribution in [0.25, 0.3) is 0 Å². The van der Waals surface area contributed by atoms with Crippen LogP contribution in [0.15, 0.2) is 48.5 Å². The number of carbonyl (C=O) groups excluding carboxylic acids is 5. The second kappa shape index (κ2) is 15.1. The largest absolute Gasteiger partial charge is 0.371 e. The van der Waals surface area contributed by atoms with E-state index >= 15 is 0 Å². The van der Waals surface area contributed by atoms with E-state index in [0.717, 1.165) is 124 Å². The van der Waals surface area contributed by atoms with Gasteiger partial charge in [-0.3, -0.25) is 39.1 Å². The third kappa shape index (κ3) is 7.04. The van der Waals surface area contributed by atoms with Crippen molar-refractivity contribution in [2.24, 2.45) is 5.41 Å². The van der Waals surface area contributed by atoms with Crippen molar-refractivity contribution < 1.29 is 24.0 Å². The van der Waals surface area contributed by atoms with E-state index in [4.69, 9.17) is 11.6 Å². The number of nitriles is 1. The average molecular weight is 809 g/mol. The average Bonchev–Trinajstić information content (AvgIpc) is 3.95. The minimum atomic E-state index is -0.971. The zero-order chi connectivity index (χ0) is 39.4. The van der Waals surface area contributed by atoms with Gasteiger partial charge in [-0.1, -0.05) is 11.6 Å². The Bertz CT molecular complexity index is 2180. The van der Waals surface area contributed by atoms with Gasteiger partial charge in [-0.25, -0.2) is 0 Å². The number of piperazine rings is 1. The summed E-state index contributed by atoms with van der Waals surface area (Å²) in [5.41, 5.74) is 3.25. The van der Waals surface area contributed by atoms with Crippen LogP contribution in [0.5, 0.6) is 0 Å². The molecule has 1 aromatic heterocycles. The number of halogens is 1. The van der Waals surface area contributed by atoms with E-state index in [1.165, 1.54) is 0 Å². The summed E-state index contributed by atoms with van der Waals surface area (Å²) in [6, 6.07) is 16.8. The Morgan fingerprint density at radius 3 is 2.19 bits per heavy atom. The smallest absolute Gasteiger partial charge is 0.263 e. The number of nitrogens with zero attached hydrogens (tertiary/aromatic N) is 7. The number of hydrogen-bond donors (Lipinski definition) is 1. The fourth-order valence-electron chi connectivity index (χ4n) is 9.76. The van der Waals surface area contributed by atoms with Crippen LogP contribution in [0.3, 0.4) is 0 Å². The summed E-state index contributed by atoms with van der Waals surface area (Å²) in [6.07, 6.45) is 5.27. The van der Waals surface area contributed by atoms with Gasteiger partial charge >= 0.3 is 0 Å². The van der Waals surface area contributed by atoms with Gasteiger partial charge in [-0.2, -0.15) is 5.26 Å². The van der Waals surface area contributed by atoms with E-state index in [1.807, 2.05) is 29.2 Å². The lowest BCUT2D eigenvalue weighted by atomic mass is 9.77. The van der Waals surface area contributed by atoms with Gasteiger partial charge in [-0.15, -0.1) is 11.3 Å². The molecular formula is C42H45ClN8O5S. The molecule has 9 rings (SSSR count). The van der Waals surface area contributed by atoms with E-state index < -0.39 is 23.8 Å². The number of carbonyl (C=O) groups is 5. The number of thiophene rings is 1. The zero-order valence-electron chi connectivity index (χ0n) is 31.8. The number of benzene rings is 2. The van der Waals surface area contributed by atoms with Crippen LogP contribution in [-0.2, 0) is 9.59 Å². The molecule has 0 saturated carbocycles. The molecule has 57 heavy (non-hydrogen) atoms. The number of rotatable bonds is 6.